The van der Waals surface area contributed by atoms with Crippen LogP contribution in [-0.4, -0.2) is 46.2 Å². The number of phenolic OH excluding ortho intramolecular Hbond substituents is 1. The summed E-state index contributed by atoms with van der Waals surface area (Å²) in [6, 6.07) is 12.3. The van der Waals surface area contributed by atoms with Crippen LogP contribution in [0.3, 0.4) is 0 Å². The lowest BCUT2D eigenvalue weighted by atomic mass is 10.1. The molecule has 0 aliphatic heterocycles. The van der Waals surface area contributed by atoms with Crippen LogP contribution in [0.15, 0.2) is 47.5 Å². The Hall–Kier alpha value is -3.04. The summed E-state index contributed by atoms with van der Waals surface area (Å²) in [6.07, 6.45) is 0. The number of hydrogen-bond donors (Lipinski definition) is 5. The van der Waals surface area contributed by atoms with Gasteiger partial charge in [0.05, 0.1) is 11.3 Å². The Morgan fingerprint density at radius 2 is 1.89 bits per heavy atom. The molecule has 9 heteroatoms. The second-order valence-corrected chi connectivity index (χ2v) is 6.27. The summed E-state index contributed by atoms with van der Waals surface area (Å²) in [5.74, 6) is -0.321. The van der Waals surface area contributed by atoms with E-state index >= 15 is 0 Å². The fourth-order valence-electron chi connectivity index (χ4n) is 2.30. The second-order valence-electron chi connectivity index (χ2n) is 5.88. The zero-order chi connectivity index (χ0) is 20.0. The number of para-hydroxylation sites is 1. The van der Waals surface area contributed by atoms with Gasteiger partial charge in [-0.2, -0.15) is 0 Å². The molecule has 0 saturated carbocycles. The first-order chi connectivity index (χ1) is 12.8. The van der Waals surface area contributed by atoms with Gasteiger partial charge in [-0.3, -0.25) is 15.3 Å². The summed E-state index contributed by atoms with van der Waals surface area (Å²) in [5.41, 5.74) is 7.74. The van der Waals surface area contributed by atoms with Crippen LogP contribution in [0.5, 0.6) is 5.75 Å². The van der Waals surface area contributed by atoms with Crippen LogP contribution in [0.4, 0.5) is 11.4 Å². The molecule has 0 fully saturated rings. The SMILES string of the molecule is Cc1ccc([NH+]=C(N)C(=Nc2ccccc2)NSO)c(O)c1C(=O)N(C)C. The number of rotatable bonds is 4. The van der Waals surface area contributed by atoms with Gasteiger partial charge in [-0.05, 0) is 30.7 Å². The van der Waals surface area contributed by atoms with E-state index in [2.05, 4.69) is 14.7 Å². The Bertz CT molecular complexity index is 882. The number of amidine groups is 2. The van der Waals surface area contributed by atoms with Gasteiger partial charge in [0.25, 0.3) is 5.91 Å². The highest BCUT2D eigenvalue weighted by molar-refractivity contribution is 7.92. The number of nitrogens with one attached hydrogen (secondary N) is 2. The van der Waals surface area contributed by atoms with E-state index in [4.69, 9.17) is 10.3 Å². The molecule has 0 bridgehead atoms. The van der Waals surface area contributed by atoms with E-state index in [1.165, 1.54) is 4.90 Å². The number of aromatic hydroxyl groups is 1. The smallest absolute Gasteiger partial charge is 0.315 e. The molecule has 2 rings (SSSR count). The van der Waals surface area contributed by atoms with Crippen molar-refractivity contribution < 1.29 is 19.4 Å². The van der Waals surface area contributed by atoms with Crippen molar-refractivity contribution in [1.29, 1.82) is 0 Å². The number of hydrogen-bond acceptors (Lipinski definition) is 5. The highest BCUT2D eigenvalue weighted by atomic mass is 32.2. The topological polar surface area (TPSA) is 125 Å². The van der Waals surface area contributed by atoms with E-state index in [0.29, 0.717) is 23.5 Å². The molecule has 0 aliphatic carbocycles. The summed E-state index contributed by atoms with van der Waals surface area (Å²) >= 11 is 0.342. The minimum absolute atomic E-state index is 0.0582. The normalized spacial score (nSPS) is 12.0. The van der Waals surface area contributed by atoms with Gasteiger partial charge in [-0.15, -0.1) is 0 Å². The summed E-state index contributed by atoms with van der Waals surface area (Å²) < 4.78 is 11.7. The van der Waals surface area contributed by atoms with Crippen LogP contribution >= 0.6 is 12.2 Å². The predicted octanol–water partition coefficient (Wildman–Crippen LogP) is 0.913. The lowest BCUT2D eigenvalue weighted by Crippen LogP contribution is -2.72. The molecule has 0 aromatic heterocycles. The highest BCUT2D eigenvalue weighted by Crippen LogP contribution is 2.27. The number of aliphatic imine (C=N–C) groups is 1. The van der Waals surface area contributed by atoms with Gasteiger partial charge in [0, 0.05) is 14.1 Å². The number of amides is 1. The highest BCUT2D eigenvalue weighted by Gasteiger charge is 2.21. The molecular weight excluding hydrogens is 366 g/mol. The molecule has 6 N–H and O–H groups in total. The van der Waals surface area contributed by atoms with Gasteiger partial charge in [-0.1, -0.05) is 24.3 Å². The standard InChI is InChI=1S/C18H21N5O3S/c1-11-9-10-13(15(24)14(11)18(25)23(2)3)21-16(19)17(22-27-26)20-12-7-5-4-6-8-12/h4-10,24,26H,1-3H3,(H2,19,21)(H,20,22)/p+1. The first-order valence-electron chi connectivity index (χ1n) is 7.99. The van der Waals surface area contributed by atoms with Gasteiger partial charge >= 0.3 is 5.84 Å². The molecule has 0 radical (unpaired) electrons. The third-order valence-corrected chi connectivity index (χ3v) is 3.95. The monoisotopic (exact) mass is 388 g/mol. The number of benzene rings is 2. The quantitative estimate of drug-likeness (QED) is 0.174. The second kappa shape index (κ2) is 9.06. The van der Waals surface area contributed by atoms with E-state index in [-0.39, 0.29) is 34.6 Å². The van der Waals surface area contributed by atoms with Crippen molar-refractivity contribution in [2.45, 2.75) is 6.92 Å². The van der Waals surface area contributed by atoms with E-state index in [1.807, 2.05) is 18.2 Å². The maximum Gasteiger partial charge on any atom is 0.315 e. The molecule has 1 amide bonds. The Morgan fingerprint density at radius 1 is 1.22 bits per heavy atom. The minimum atomic E-state index is -0.325. The number of carbonyl (C=O) groups is 1. The van der Waals surface area contributed by atoms with Gasteiger partial charge in [-0.25, -0.2) is 9.98 Å². The molecule has 142 valence electrons. The Balaban J connectivity index is 2.48. The van der Waals surface area contributed by atoms with E-state index in [1.54, 1.807) is 45.3 Å². The van der Waals surface area contributed by atoms with Gasteiger partial charge < -0.3 is 14.6 Å². The van der Waals surface area contributed by atoms with Crippen LogP contribution in [0.25, 0.3) is 0 Å². The zero-order valence-electron chi connectivity index (χ0n) is 15.2. The predicted molar refractivity (Wildman–Crippen MR) is 108 cm³/mol. The molecule has 0 aliphatic rings. The molecule has 0 heterocycles. The number of carbonyl (C=O) groups excluding carboxylic acids is 1. The average molecular weight is 388 g/mol. The largest absolute Gasteiger partial charge is 0.503 e. The molecule has 8 nitrogen and oxygen atoms in total. The first kappa shape index (κ1) is 20.3. The number of aryl methyl sites for hydroxylation is 1. The molecule has 2 aromatic carbocycles. The summed E-state index contributed by atoms with van der Waals surface area (Å²) in [5, 5.41) is 10.5. The molecule has 0 atom stereocenters. The third kappa shape index (κ3) is 4.99. The number of phenols is 1. The molecule has 0 unspecified atom stereocenters. The Morgan fingerprint density at radius 3 is 2.48 bits per heavy atom. The maximum atomic E-state index is 12.3. The van der Waals surface area contributed by atoms with Gasteiger partial charge in [0.2, 0.25) is 5.84 Å². The summed E-state index contributed by atoms with van der Waals surface area (Å²) in [4.78, 5) is 20.9. The van der Waals surface area contributed by atoms with Crippen molar-refractivity contribution in [3.63, 3.8) is 0 Å². The zero-order valence-corrected chi connectivity index (χ0v) is 16.0. The fraction of sp³-hybridized carbons (Fsp3) is 0.167. The van der Waals surface area contributed by atoms with Crippen LogP contribution in [0.2, 0.25) is 0 Å². The fourth-order valence-corrected chi connectivity index (χ4v) is 2.55. The summed E-state index contributed by atoms with van der Waals surface area (Å²) in [6.45, 7) is 1.74. The molecule has 0 spiro atoms. The summed E-state index contributed by atoms with van der Waals surface area (Å²) in [7, 11) is 3.21. The maximum absolute atomic E-state index is 12.3. The first-order valence-corrected chi connectivity index (χ1v) is 8.76. The van der Waals surface area contributed by atoms with Crippen molar-refractivity contribution in [2.75, 3.05) is 14.1 Å². The molecule has 0 saturated heterocycles. The van der Waals surface area contributed by atoms with Crippen LogP contribution in [0, 0.1) is 6.92 Å². The molecular formula is C18H22N5O3S+. The van der Waals surface area contributed by atoms with E-state index in [9.17, 15) is 9.90 Å². The van der Waals surface area contributed by atoms with Gasteiger partial charge in [0.15, 0.2) is 11.4 Å². The Kier molecular flexibility index (Phi) is 6.80. The number of nitrogens with zero attached hydrogens (tertiary/aromatic N) is 2. The van der Waals surface area contributed by atoms with Crippen molar-refractivity contribution in [1.82, 2.24) is 9.62 Å². The van der Waals surface area contributed by atoms with Crippen LogP contribution < -0.4 is 15.4 Å². The molecule has 27 heavy (non-hydrogen) atoms. The van der Waals surface area contributed by atoms with Crippen molar-refractivity contribution in [3.05, 3.63) is 53.6 Å². The van der Waals surface area contributed by atoms with E-state index in [0.717, 1.165) is 0 Å². The van der Waals surface area contributed by atoms with Crippen molar-refractivity contribution in [2.24, 2.45) is 10.7 Å². The lowest BCUT2D eigenvalue weighted by Gasteiger charge is -2.14. The lowest BCUT2D eigenvalue weighted by molar-refractivity contribution is -0.353. The van der Waals surface area contributed by atoms with Crippen LogP contribution in [-0.2, 0) is 0 Å². The van der Waals surface area contributed by atoms with Gasteiger partial charge in [0.1, 0.15) is 12.2 Å². The van der Waals surface area contributed by atoms with Crippen molar-refractivity contribution in [3.8, 4) is 5.75 Å². The minimum Gasteiger partial charge on any atom is -0.503 e. The van der Waals surface area contributed by atoms with Crippen molar-refractivity contribution >= 4 is 41.2 Å². The Labute approximate surface area is 161 Å². The average Bonchev–Trinajstić information content (AvgIpc) is 2.64. The van der Waals surface area contributed by atoms with Crippen LogP contribution in [0.1, 0.15) is 15.9 Å². The third-order valence-electron chi connectivity index (χ3n) is 3.67. The molecule has 2 aromatic rings. The number of nitrogens with two attached hydrogens (primary N) is 1. The van der Waals surface area contributed by atoms with E-state index < -0.39 is 0 Å².